The molecule has 0 saturated carbocycles. The first-order chi connectivity index (χ1) is 9.74. The molecule has 6 heteroatoms. The van der Waals surface area contributed by atoms with Crippen LogP contribution >= 0.6 is 8.81 Å². The first-order valence-electron chi connectivity index (χ1n) is 6.03. The minimum Gasteiger partial charge on any atom is -0.849 e. The zero-order valence-corrected chi connectivity index (χ0v) is 14.4. The first-order valence-corrected chi connectivity index (χ1v) is 7.15. The summed E-state index contributed by atoms with van der Waals surface area (Å²) < 4.78 is 5.33. The maximum atomic E-state index is 12.5. The van der Waals surface area contributed by atoms with Gasteiger partial charge in [-0.2, -0.15) is 0 Å². The Morgan fingerprint density at radius 2 is 1.52 bits per heavy atom. The molecule has 0 bridgehead atoms. The number of benzene rings is 2. The Kier molecular flexibility index (Phi) is 5.31. The third kappa shape index (κ3) is 2.83. The summed E-state index contributed by atoms with van der Waals surface area (Å²) in [5.41, 5.74) is 1.39. The van der Waals surface area contributed by atoms with E-state index in [0.717, 1.165) is 0 Å². The average molecular weight is 308 g/mol. The van der Waals surface area contributed by atoms with Crippen LogP contribution in [0.15, 0.2) is 42.5 Å². The van der Waals surface area contributed by atoms with Crippen molar-refractivity contribution in [1.82, 2.24) is 0 Å². The normalized spacial score (nSPS) is 12.8. The molecule has 100 valence electrons. The van der Waals surface area contributed by atoms with Crippen molar-refractivity contribution in [2.24, 2.45) is 0 Å². The Morgan fingerprint density at radius 3 is 2.19 bits per heavy atom. The number of carbonyl (C=O) groups excluding carboxylic acids is 2. The molecule has 3 rings (SSSR count). The predicted octanol–water partition coefficient (Wildman–Crippen LogP) is -1.24. The number of hydrogen-bond acceptors (Lipinski definition) is 4. The van der Waals surface area contributed by atoms with Crippen LogP contribution in [0.5, 0.6) is 5.75 Å². The zero-order chi connectivity index (χ0) is 14.1. The van der Waals surface area contributed by atoms with E-state index in [1.165, 1.54) is 0 Å². The Bertz CT molecular complexity index is 715. The molecule has 2 aromatic carbocycles. The molecule has 0 spiro atoms. The van der Waals surface area contributed by atoms with Gasteiger partial charge in [-0.05, 0) is 6.07 Å². The molecule has 2 aromatic rings. The van der Waals surface area contributed by atoms with Crippen molar-refractivity contribution in [3.05, 3.63) is 64.7 Å². The summed E-state index contributed by atoms with van der Waals surface area (Å²) in [5.74, 6) is -0.114. The van der Waals surface area contributed by atoms with Crippen molar-refractivity contribution >= 4 is 20.4 Å². The Hall–Kier alpha value is -1.03. The minimum atomic E-state index is -0.373. The van der Waals surface area contributed by atoms with Gasteiger partial charge in [0.05, 0.1) is 14.4 Å². The van der Waals surface area contributed by atoms with E-state index in [9.17, 15) is 14.7 Å². The van der Waals surface area contributed by atoms with E-state index in [2.05, 4.69) is 0 Å². The van der Waals surface area contributed by atoms with E-state index in [4.69, 9.17) is 4.52 Å². The van der Waals surface area contributed by atoms with Gasteiger partial charge in [0.2, 0.25) is 0 Å². The number of hydrogen-bond donors (Lipinski definition) is 0. The van der Waals surface area contributed by atoms with Gasteiger partial charge in [0, 0.05) is 16.7 Å². The fraction of sp³-hybridized carbons (Fsp3) is 0.0667. The second kappa shape index (κ2) is 6.82. The Morgan fingerprint density at radius 1 is 0.905 bits per heavy atom. The van der Waals surface area contributed by atoms with Gasteiger partial charge in [0.25, 0.3) is 0 Å². The van der Waals surface area contributed by atoms with E-state index < -0.39 is 0 Å². The molecule has 4 nitrogen and oxygen atoms in total. The van der Waals surface area contributed by atoms with Crippen molar-refractivity contribution in [2.75, 3.05) is 6.35 Å². The van der Waals surface area contributed by atoms with Crippen LogP contribution in [-0.4, -0.2) is 17.9 Å². The SMILES string of the molecule is O=C1c2ccccc2C(=O)c2c(OPC[O-])cccc21.[Na+]. The van der Waals surface area contributed by atoms with Gasteiger partial charge in [0.1, 0.15) is 5.75 Å². The molecule has 1 unspecified atom stereocenters. The summed E-state index contributed by atoms with van der Waals surface area (Å²) in [5, 5.41) is 10.6. The maximum absolute atomic E-state index is 12.5. The number of rotatable bonds is 3. The van der Waals surface area contributed by atoms with Crippen LogP contribution in [0, 0.1) is 0 Å². The molecular formula is C15H10NaO4P. The fourth-order valence-electron chi connectivity index (χ4n) is 2.31. The van der Waals surface area contributed by atoms with E-state index >= 15 is 0 Å². The Balaban J connectivity index is 0.00000161. The monoisotopic (exact) mass is 308 g/mol. The van der Waals surface area contributed by atoms with Crippen LogP contribution in [0.1, 0.15) is 31.8 Å². The van der Waals surface area contributed by atoms with Crippen molar-refractivity contribution in [3.63, 3.8) is 0 Å². The molecule has 0 radical (unpaired) electrons. The summed E-state index contributed by atoms with van der Waals surface area (Å²) >= 11 is 0. The summed E-state index contributed by atoms with van der Waals surface area (Å²) in [6.07, 6.45) is -0.373. The molecular weight excluding hydrogens is 298 g/mol. The van der Waals surface area contributed by atoms with Crippen LogP contribution in [0.2, 0.25) is 0 Å². The van der Waals surface area contributed by atoms with Gasteiger partial charge in [-0.15, -0.1) is 0 Å². The van der Waals surface area contributed by atoms with Crippen LogP contribution in [-0.2, 0) is 0 Å². The van der Waals surface area contributed by atoms with Crippen molar-refractivity contribution in [3.8, 4) is 5.75 Å². The Labute approximate surface area is 145 Å². The maximum Gasteiger partial charge on any atom is 1.00 e. The van der Waals surface area contributed by atoms with E-state index in [0.29, 0.717) is 22.4 Å². The largest absolute Gasteiger partial charge is 1.00 e. The second-order valence-electron chi connectivity index (χ2n) is 4.27. The molecule has 0 fully saturated rings. The topological polar surface area (TPSA) is 66.4 Å². The molecule has 0 N–H and O–H groups in total. The molecule has 1 atom stereocenters. The first kappa shape index (κ1) is 16.3. The molecule has 21 heavy (non-hydrogen) atoms. The van der Waals surface area contributed by atoms with E-state index in [1.54, 1.807) is 42.5 Å². The van der Waals surface area contributed by atoms with Gasteiger partial charge < -0.3 is 9.63 Å². The molecule has 0 aliphatic heterocycles. The van der Waals surface area contributed by atoms with Crippen LogP contribution in [0.4, 0.5) is 0 Å². The summed E-state index contributed by atoms with van der Waals surface area (Å²) in [6.45, 7) is 0. The fourth-order valence-corrected chi connectivity index (χ4v) is 2.69. The third-order valence-corrected chi connectivity index (χ3v) is 3.64. The van der Waals surface area contributed by atoms with Crippen LogP contribution in [0.3, 0.4) is 0 Å². The number of carbonyl (C=O) groups is 2. The number of ketones is 2. The molecule has 1 aliphatic carbocycles. The summed E-state index contributed by atoms with van der Waals surface area (Å²) in [6, 6.07) is 11.6. The van der Waals surface area contributed by atoms with Crippen molar-refractivity contribution in [1.29, 1.82) is 0 Å². The smallest absolute Gasteiger partial charge is 0.849 e. The van der Waals surface area contributed by atoms with E-state index in [1.807, 2.05) is 0 Å². The van der Waals surface area contributed by atoms with Gasteiger partial charge in [-0.3, -0.25) is 9.59 Å². The second-order valence-corrected chi connectivity index (χ2v) is 5.05. The third-order valence-electron chi connectivity index (χ3n) is 3.16. The van der Waals surface area contributed by atoms with Gasteiger partial charge in [-0.25, -0.2) is 0 Å². The molecule has 0 amide bonds. The average Bonchev–Trinajstić information content (AvgIpc) is 2.50. The van der Waals surface area contributed by atoms with Crippen LogP contribution in [0.25, 0.3) is 0 Å². The van der Waals surface area contributed by atoms with E-state index in [-0.39, 0.29) is 61.8 Å². The van der Waals surface area contributed by atoms with Crippen molar-refractivity contribution in [2.45, 2.75) is 0 Å². The zero-order valence-electron chi connectivity index (χ0n) is 11.4. The molecule has 1 aliphatic rings. The number of fused-ring (bicyclic) bond motifs is 2. The molecule has 0 heterocycles. The van der Waals surface area contributed by atoms with Gasteiger partial charge in [0.15, 0.2) is 11.6 Å². The molecule has 0 aromatic heterocycles. The minimum absolute atomic E-state index is 0. The van der Waals surface area contributed by atoms with Crippen LogP contribution < -0.4 is 39.2 Å². The van der Waals surface area contributed by atoms with Gasteiger partial charge in [-0.1, -0.05) is 42.7 Å². The van der Waals surface area contributed by atoms with Crippen molar-refractivity contribution < 1.29 is 48.8 Å². The summed E-state index contributed by atoms with van der Waals surface area (Å²) in [4.78, 5) is 24.9. The molecule has 0 saturated heterocycles. The van der Waals surface area contributed by atoms with Gasteiger partial charge >= 0.3 is 29.6 Å². The summed E-state index contributed by atoms with van der Waals surface area (Å²) in [7, 11) is -0.271. The quantitative estimate of drug-likeness (QED) is 0.448. The standard InChI is InChI=1S/C15H10O4P.Na/c16-8-20-19-12-7-3-6-11-13(12)15(18)10-5-2-1-4-9(10)14(11)17;/h1-7,20H,8H2;/q-1;+1. The predicted molar refractivity (Wildman–Crippen MR) is 73.6 cm³/mol.